The fraction of sp³-hybridized carbons (Fsp3) is 0.583. The highest BCUT2D eigenvalue weighted by molar-refractivity contribution is 8.00. The van der Waals surface area contributed by atoms with Crippen molar-refractivity contribution in [1.29, 1.82) is 0 Å². The van der Waals surface area contributed by atoms with Gasteiger partial charge in [0.2, 0.25) is 0 Å². The van der Waals surface area contributed by atoms with Crippen LogP contribution in [0.5, 0.6) is 0 Å². The number of hydrogen-bond donors (Lipinski definition) is 3. The lowest BCUT2D eigenvalue weighted by molar-refractivity contribution is -0.143. The van der Waals surface area contributed by atoms with Gasteiger partial charge in [-0.1, -0.05) is 24.1 Å². The van der Waals surface area contributed by atoms with Gasteiger partial charge in [0.25, 0.3) is 5.91 Å². The summed E-state index contributed by atoms with van der Waals surface area (Å²) in [7, 11) is 0. The van der Waals surface area contributed by atoms with Gasteiger partial charge in [0.05, 0.1) is 23.6 Å². The number of aromatic nitrogens is 1. The van der Waals surface area contributed by atoms with Crippen molar-refractivity contribution >= 4 is 41.0 Å². The highest BCUT2D eigenvalue weighted by Gasteiger charge is 2.42. The number of nitrogens with zero attached hydrogens (tertiary/aromatic N) is 1. The summed E-state index contributed by atoms with van der Waals surface area (Å²) in [5.41, 5.74) is 0.286. The average Bonchev–Trinajstić information content (AvgIpc) is 3.63. The van der Waals surface area contributed by atoms with Gasteiger partial charge in [-0.3, -0.25) is 9.59 Å². The van der Waals surface area contributed by atoms with Gasteiger partial charge in [0.1, 0.15) is 0 Å². The van der Waals surface area contributed by atoms with E-state index >= 15 is 0 Å². The van der Waals surface area contributed by atoms with Crippen molar-refractivity contribution in [3.63, 3.8) is 0 Å². The minimum atomic E-state index is -0.235. The zero-order valence-corrected chi connectivity index (χ0v) is 21.3. The third-order valence-corrected chi connectivity index (χ3v) is 8.58. The molecule has 190 valence electrons. The van der Waals surface area contributed by atoms with Crippen LogP contribution < -0.4 is 16.0 Å². The first-order chi connectivity index (χ1) is 17.1. The van der Waals surface area contributed by atoms with Crippen LogP contribution in [0.2, 0.25) is 0 Å². The second-order valence-corrected chi connectivity index (χ2v) is 11.0. The van der Waals surface area contributed by atoms with E-state index in [1.165, 1.54) is 11.3 Å². The number of carbonyl (C=O) groups excluding carboxylic acids is 3. The number of hydrogen-bond acceptors (Lipinski definition) is 8. The van der Waals surface area contributed by atoms with Crippen LogP contribution in [0.3, 0.4) is 0 Å². The predicted molar refractivity (Wildman–Crippen MR) is 136 cm³/mol. The Morgan fingerprint density at radius 3 is 2.91 bits per heavy atom. The number of esters is 1. The van der Waals surface area contributed by atoms with E-state index in [4.69, 9.17) is 9.26 Å². The molecule has 9 nitrogen and oxygen atoms in total. The maximum Gasteiger partial charge on any atom is 0.315 e. The predicted octanol–water partition coefficient (Wildman–Crippen LogP) is 3.96. The summed E-state index contributed by atoms with van der Waals surface area (Å²) < 4.78 is 10.6. The summed E-state index contributed by atoms with van der Waals surface area (Å²) >= 11 is 3.43. The summed E-state index contributed by atoms with van der Waals surface area (Å²) in [6, 6.07) is 5.91. The van der Waals surface area contributed by atoms with Crippen LogP contribution >= 0.6 is 23.1 Å². The molecule has 2 aromatic heterocycles. The van der Waals surface area contributed by atoms with Crippen molar-refractivity contribution in [2.24, 2.45) is 0 Å². The molecule has 0 unspecified atom stereocenters. The molecule has 35 heavy (non-hydrogen) atoms. The van der Waals surface area contributed by atoms with Crippen molar-refractivity contribution in [1.82, 2.24) is 21.1 Å². The fourth-order valence-electron chi connectivity index (χ4n) is 4.31. The molecular formula is C24H32N4O5S2. The summed E-state index contributed by atoms with van der Waals surface area (Å²) in [6.45, 7) is 1.01. The lowest BCUT2D eigenvalue weighted by Gasteiger charge is -2.16. The Balaban J connectivity index is 0.963. The van der Waals surface area contributed by atoms with Gasteiger partial charge < -0.3 is 25.2 Å². The van der Waals surface area contributed by atoms with Crippen LogP contribution in [0, 0.1) is 0 Å². The number of nitrogens with one attached hydrogen (secondary N) is 3. The molecule has 4 heterocycles. The van der Waals surface area contributed by atoms with Crippen molar-refractivity contribution in [2.75, 3.05) is 18.9 Å². The molecule has 4 rings (SSSR count). The van der Waals surface area contributed by atoms with Crippen LogP contribution in [-0.2, 0) is 9.53 Å². The zero-order valence-electron chi connectivity index (χ0n) is 19.6. The van der Waals surface area contributed by atoms with E-state index in [0.717, 1.165) is 55.6 Å². The number of thiophene rings is 1. The number of thioether (sulfide) groups is 1. The number of rotatable bonds is 14. The Morgan fingerprint density at radius 1 is 1.17 bits per heavy atom. The molecule has 2 saturated heterocycles. The molecule has 0 saturated carbocycles. The molecule has 2 aromatic rings. The van der Waals surface area contributed by atoms with E-state index in [1.807, 2.05) is 29.3 Å². The number of fused-ring (bicyclic) bond motifs is 1. The zero-order chi connectivity index (χ0) is 24.5. The van der Waals surface area contributed by atoms with Crippen molar-refractivity contribution in [2.45, 2.75) is 68.7 Å². The largest absolute Gasteiger partial charge is 0.466 e. The van der Waals surface area contributed by atoms with Gasteiger partial charge in [0.15, 0.2) is 11.5 Å². The molecular weight excluding hydrogens is 488 g/mol. The van der Waals surface area contributed by atoms with E-state index in [1.54, 1.807) is 6.07 Å². The lowest BCUT2D eigenvalue weighted by Crippen LogP contribution is -2.36. The number of unbranched alkanes of at least 4 members (excludes halogenated alkanes) is 4. The van der Waals surface area contributed by atoms with Gasteiger partial charge in [0, 0.05) is 30.0 Å². The number of ether oxygens (including phenoxy) is 1. The minimum Gasteiger partial charge on any atom is -0.466 e. The lowest BCUT2D eigenvalue weighted by atomic mass is 10.0. The smallest absolute Gasteiger partial charge is 0.315 e. The van der Waals surface area contributed by atoms with Gasteiger partial charge >= 0.3 is 12.0 Å². The summed E-state index contributed by atoms with van der Waals surface area (Å²) in [5.74, 6) is 1.18. The first-order valence-corrected chi connectivity index (χ1v) is 14.2. The molecule has 2 aliphatic heterocycles. The standard InChI is InChI=1S/C24H32N4O5S2/c29-21(10-4-3-8-20-22-17(15-35-20)26-24(31)27-22)32-12-6-2-1-5-11-25-23(30)16-14-18(33-28-16)19-9-7-13-34-19/h7,9,13-14,17,20,22H,1-6,8,10-12,15H2,(H,25,30)(H2,26,27,31)/t17-,20-,22-/m0/s1. The maximum atomic E-state index is 12.2. The first-order valence-electron chi connectivity index (χ1n) is 12.2. The van der Waals surface area contributed by atoms with E-state index in [-0.39, 0.29) is 35.7 Å². The molecule has 0 radical (unpaired) electrons. The quantitative estimate of drug-likeness (QED) is 0.196. The van der Waals surface area contributed by atoms with Crippen LogP contribution in [0.1, 0.15) is 61.9 Å². The van der Waals surface area contributed by atoms with Crippen LogP contribution in [0.4, 0.5) is 4.79 Å². The van der Waals surface area contributed by atoms with Gasteiger partial charge in [-0.2, -0.15) is 11.8 Å². The maximum absolute atomic E-state index is 12.2. The summed E-state index contributed by atoms with van der Waals surface area (Å²) in [5, 5.41) is 15.0. The second-order valence-electron chi connectivity index (χ2n) is 8.81. The highest BCUT2D eigenvalue weighted by Crippen LogP contribution is 2.33. The van der Waals surface area contributed by atoms with Crippen LogP contribution in [-0.4, -0.2) is 59.3 Å². The SMILES string of the molecule is O=C1N[C@H]2[C@H](CS[C@H]2CCCCC(=O)OCCCCCCNC(=O)c2cc(-c3cccs3)on2)N1. The molecule has 11 heteroatoms. The minimum absolute atomic E-state index is 0.0614. The Morgan fingerprint density at radius 2 is 2.06 bits per heavy atom. The Hall–Kier alpha value is -2.53. The monoisotopic (exact) mass is 520 g/mol. The topological polar surface area (TPSA) is 123 Å². The molecule has 0 aliphatic carbocycles. The third kappa shape index (κ3) is 7.47. The molecule has 3 N–H and O–H groups in total. The Bertz CT molecular complexity index is 980. The molecule has 3 atom stereocenters. The summed E-state index contributed by atoms with van der Waals surface area (Å²) in [4.78, 5) is 36.5. The molecule has 2 aliphatic rings. The van der Waals surface area contributed by atoms with E-state index in [0.29, 0.717) is 30.6 Å². The first kappa shape index (κ1) is 25.6. The van der Waals surface area contributed by atoms with E-state index in [9.17, 15) is 14.4 Å². The fourth-order valence-corrected chi connectivity index (χ4v) is 6.52. The van der Waals surface area contributed by atoms with Crippen LogP contribution in [0.25, 0.3) is 10.6 Å². The van der Waals surface area contributed by atoms with Crippen molar-refractivity contribution < 1.29 is 23.6 Å². The molecule has 3 amide bonds. The second kappa shape index (κ2) is 13.0. The van der Waals surface area contributed by atoms with Crippen LogP contribution in [0.15, 0.2) is 28.1 Å². The molecule has 0 aromatic carbocycles. The van der Waals surface area contributed by atoms with Crippen molar-refractivity contribution in [3.8, 4) is 10.6 Å². The van der Waals surface area contributed by atoms with Crippen molar-refractivity contribution in [3.05, 3.63) is 29.3 Å². The van der Waals surface area contributed by atoms with Gasteiger partial charge in [-0.15, -0.1) is 11.3 Å². The molecule has 0 spiro atoms. The average molecular weight is 521 g/mol. The van der Waals surface area contributed by atoms with Gasteiger partial charge in [-0.05, 0) is 43.6 Å². The number of amides is 3. The highest BCUT2D eigenvalue weighted by atomic mass is 32.2. The Kier molecular flexibility index (Phi) is 9.47. The number of carbonyl (C=O) groups is 3. The molecule has 0 bridgehead atoms. The Labute approximate surface area is 213 Å². The van der Waals surface area contributed by atoms with Gasteiger partial charge in [-0.25, -0.2) is 4.79 Å². The summed E-state index contributed by atoms with van der Waals surface area (Å²) in [6.07, 6.45) is 6.78. The normalized spacial score (nSPS) is 20.8. The third-order valence-electron chi connectivity index (χ3n) is 6.18. The van der Waals surface area contributed by atoms with E-state index in [2.05, 4.69) is 21.1 Å². The molecule has 2 fully saturated rings. The van der Waals surface area contributed by atoms with E-state index < -0.39 is 0 Å². The number of urea groups is 1.